The zero-order valence-electron chi connectivity index (χ0n) is 10.4. The van der Waals surface area contributed by atoms with Gasteiger partial charge in [-0.15, -0.1) is 0 Å². The Balaban J connectivity index is 1.95. The second-order valence-corrected chi connectivity index (χ2v) is 6.78. The smallest absolute Gasteiger partial charge is 0.147 e. The number of anilines is 1. The molecule has 7 nitrogen and oxygen atoms in total. The summed E-state index contributed by atoms with van der Waals surface area (Å²) >= 11 is 2.18. The molecule has 0 aromatic carbocycles. The van der Waals surface area contributed by atoms with Crippen LogP contribution >= 0.6 is 22.6 Å². The highest BCUT2D eigenvalue weighted by Gasteiger charge is 2.71. The molecule has 20 heavy (non-hydrogen) atoms. The average Bonchev–Trinajstić information content (AvgIpc) is 3.04. The molecule has 5 atom stereocenters. The third-order valence-corrected chi connectivity index (χ3v) is 5.56. The van der Waals surface area contributed by atoms with Gasteiger partial charge in [-0.3, -0.25) is 0 Å². The summed E-state index contributed by atoms with van der Waals surface area (Å²) < 4.78 is 2.85. The van der Waals surface area contributed by atoms with Gasteiger partial charge in [-0.2, -0.15) is 0 Å². The zero-order chi connectivity index (χ0) is 14.2. The molecule has 106 valence electrons. The number of halogens is 1. The Kier molecular flexibility index (Phi) is 2.43. The molecule has 0 unspecified atom stereocenters. The molecule has 4 rings (SSSR count). The normalized spacial score (nSPS) is 39.2. The summed E-state index contributed by atoms with van der Waals surface area (Å²) in [5.41, 5.74) is 12.0. The quantitative estimate of drug-likeness (QED) is 0.485. The molecule has 2 fully saturated rings. The fourth-order valence-electron chi connectivity index (χ4n) is 3.62. The second-order valence-electron chi connectivity index (χ2n) is 5.62. The highest BCUT2D eigenvalue weighted by molar-refractivity contribution is 14.1. The summed E-state index contributed by atoms with van der Waals surface area (Å²) in [7, 11) is 0. The van der Waals surface area contributed by atoms with Gasteiger partial charge >= 0.3 is 0 Å². The maximum absolute atomic E-state index is 10.4. The van der Waals surface area contributed by atoms with Crippen molar-refractivity contribution in [2.75, 3.05) is 5.73 Å². The summed E-state index contributed by atoms with van der Waals surface area (Å²) in [5.74, 6) is 0.485. The van der Waals surface area contributed by atoms with Crippen LogP contribution in [0.25, 0.3) is 11.0 Å². The number of rotatable bonds is 1. The minimum atomic E-state index is -0.900. The lowest BCUT2D eigenvalue weighted by Crippen LogP contribution is -2.42. The molecule has 2 heterocycles. The summed E-state index contributed by atoms with van der Waals surface area (Å²) in [6, 6.07) is -0.403. The first-order valence-corrected chi connectivity index (χ1v) is 7.45. The monoisotopic (exact) mass is 387 g/mol. The van der Waals surface area contributed by atoms with Crippen molar-refractivity contribution in [2.24, 2.45) is 11.7 Å². The van der Waals surface area contributed by atoms with E-state index in [1.54, 1.807) is 0 Å². The SMILES string of the molecule is Nc1ncnc2c1c(I)cn2[C@]12C[C@H]1[C@H](N)[C@@H](O)[C@H]2O. The van der Waals surface area contributed by atoms with Crippen LogP contribution in [0.5, 0.6) is 0 Å². The molecule has 0 bridgehead atoms. The Labute approximate surface area is 128 Å². The highest BCUT2D eigenvalue weighted by Crippen LogP contribution is 2.61. The zero-order valence-corrected chi connectivity index (χ0v) is 12.6. The predicted molar refractivity (Wildman–Crippen MR) is 80.7 cm³/mol. The molecule has 8 heteroatoms. The fraction of sp³-hybridized carbons (Fsp3) is 0.500. The molecule has 6 N–H and O–H groups in total. The fourth-order valence-corrected chi connectivity index (χ4v) is 4.42. The van der Waals surface area contributed by atoms with Crippen molar-refractivity contribution < 1.29 is 10.2 Å². The van der Waals surface area contributed by atoms with Crippen molar-refractivity contribution in [1.29, 1.82) is 0 Å². The van der Waals surface area contributed by atoms with Crippen LogP contribution in [-0.4, -0.2) is 43.0 Å². The minimum absolute atomic E-state index is 0.0649. The predicted octanol–water partition coefficient (Wildman–Crippen LogP) is -0.604. The Morgan fingerprint density at radius 2 is 2.15 bits per heavy atom. The standard InChI is InChI=1S/C12H14IN5O2/c13-5-2-18(11-6(5)10(15)16-3-17-11)12-1-4(12)7(14)8(19)9(12)20/h2-4,7-9,19-20H,1,14H2,(H2,15,16,17)/t4-,7-,8+,9+,12+/m0/s1. The van der Waals surface area contributed by atoms with E-state index in [0.717, 1.165) is 15.4 Å². The van der Waals surface area contributed by atoms with Gasteiger partial charge in [0.1, 0.15) is 23.9 Å². The molecule has 2 aliphatic rings. The Hall–Kier alpha value is -0.970. The summed E-state index contributed by atoms with van der Waals surface area (Å²) in [4.78, 5) is 8.30. The first-order chi connectivity index (χ1) is 9.48. The van der Waals surface area contributed by atoms with Gasteiger partial charge < -0.3 is 26.2 Å². The van der Waals surface area contributed by atoms with Crippen LogP contribution in [0.3, 0.4) is 0 Å². The van der Waals surface area contributed by atoms with E-state index < -0.39 is 23.8 Å². The molecule has 0 saturated heterocycles. The van der Waals surface area contributed by atoms with Gasteiger partial charge in [-0.25, -0.2) is 9.97 Å². The molecule has 0 aliphatic heterocycles. The highest BCUT2D eigenvalue weighted by atomic mass is 127. The first-order valence-electron chi connectivity index (χ1n) is 6.37. The number of fused-ring (bicyclic) bond motifs is 2. The van der Waals surface area contributed by atoms with E-state index in [0.29, 0.717) is 11.5 Å². The maximum Gasteiger partial charge on any atom is 0.147 e. The molecule has 2 aromatic rings. The number of hydrogen-bond donors (Lipinski definition) is 4. The van der Waals surface area contributed by atoms with Crippen molar-refractivity contribution in [3.05, 3.63) is 16.1 Å². The van der Waals surface area contributed by atoms with Crippen molar-refractivity contribution in [2.45, 2.75) is 30.2 Å². The van der Waals surface area contributed by atoms with Gasteiger partial charge in [0.25, 0.3) is 0 Å². The lowest BCUT2D eigenvalue weighted by atomic mass is 10.1. The van der Waals surface area contributed by atoms with Gasteiger partial charge in [-0.1, -0.05) is 0 Å². The number of nitrogen functional groups attached to an aromatic ring is 1. The minimum Gasteiger partial charge on any atom is -0.389 e. The van der Waals surface area contributed by atoms with E-state index in [4.69, 9.17) is 11.5 Å². The van der Waals surface area contributed by atoms with Crippen molar-refractivity contribution in [1.82, 2.24) is 14.5 Å². The van der Waals surface area contributed by atoms with E-state index >= 15 is 0 Å². The van der Waals surface area contributed by atoms with Gasteiger partial charge in [0, 0.05) is 21.7 Å². The van der Waals surface area contributed by atoms with E-state index in [9.17, 15) is 10.2 Å². The van der Waals surface area contributed by atoms with E-state index in [1.165, 1.54) is 6.33 Å². The van der Waals surface area contributed by atoms with Crippen LogP contribution in [-0.2, 0) is 5.54 Å². The summed E-state index contributed by atoms with van der Waals surface area (Å²) in [6.07, 6.45) is 2.28. The van der Waals surface area contributed by atoms with Crippen molar-refractivity contribution in [3.63, 3.8) is 0 Å². The topological polar surface area (TPSA) is 123 Å². The van der Waals surface area contributed by atoms with Crippen LogP contribution in [0.2, 0.25) is 0 Å². The molecular weight excluding hydrogens is 373 g/mol. The lowest BCUT2D eigenvalue weighted by molar-refractivity contribution is -0.00379. The number of aromatic nitrogens is 3. The van der Waals surface area contributed by atoms with Gasteiger partial charge in [0.2, 0.25) is 0 Å². The van der Waals surface area contributed by atoms with Gasteiger partial charge in [0.05, 0.1) is 17.0 Å². The van der Waals surface area contributed by atoms with E-state index in [1.807, 2.05) is 10.8 Å². The lowest BCUT2D eigenvalue weighted by Gasteiger charge is -2.24. The Bertz CT molecular complexity index is 717. The van der Waals surface area contributed by atoms with E-state index in [-0.39, 0.29) is 5.92 Å². The summed E-state index contributed by atoms with van der Waals surface area (Å²) in [6.45, 7) is 0. The van der Waals surface area contributed by atoms with Crippen LogP contribution in [0, 0.1) is 9.49 Å². The maximum atomic E-state index is 10.4. The van der Waals surface area contributed by atoms with Crippen LogP contribution in [0.15, 0.2) is 12.5 Å². The number of aliphatic hydroxyl groups is 2. The molecule has 0 amide bonds. The van der Waals surface area contributed by atoms with Gasteiger partial charge in [-0.05, 0) is 29.0 Å². The van der Waals surface area contributed by atoms with Crippen molar-refractivity contribution in [3.8, 4) is 0 Å². The molecule has 0 radical (unpaired) electrons. The molecule has 0 spiro atoms. The Morgan fingerprint density at radius 1 is 1.40 bits per heavy atom. The van der Waals surface area contributed by atoms with E-state index in [2.05, 4.69) is 32.6 Å². The number of aliphatic hydroxyl groups excluding tert-OH is 2. The second kappa shape index (κ2) is 3.81. The van der Waals surface area contributed by atoms with Crippen LogP contribution < -0.4 is 11.5 Å². The number of nitrogens with two attached hydrogens (primary N) is 2. The third kappa shape index (κ3) is 1.30. The van der Waals surface area contributed by atoms with Crippen LogP contribution in [0.1, 0.15) is 6.42 Å². The first kappa shape index (κ1) is 12.7. The van der Waals surface area contributed by atoms with Crippen molar-refractivity contribution >= 4 is 39.4 Å². The largest absolute Gasteiger partial charge is 0.389 e. The van der Waals surface area contributed by atoms with Gasteiger partial charge in [0.15, 0.2) is 0 Å². The number of nitrogens with zero attached hydrogens (tertiary/aromatic N) is 3. The molecule has 2 aromatic heterocycles. The molecule has 2 saturated carbocycles. The molecule has 2 aliphatic carbocycles. The summed E-state index contributed by atoms with van der Waals surface area (Å²) in [5, 5.41) is 21.2. The Morgan fingerprint density at radius 3 is 2.80 bits per heavy atom. The third-order valence-electron chi connectivity index (χ3n) is 4.74. The number of hydrogen-bond acceptors (Lipinski definition) is 6. The van der Waals surface area contributed by atoms with Crippen LogP contribution in [0.4, 0.5) is 5.82 Å². The average molecular weight is 387 g/mol. The molecular formula is C12H14IN5O2.